The molecule has 14 heteroatoms. The summed E-state index contributed by atoms with van der Waals surface area (Å²) in [4.78, 5) is 13.3. The van der Waals surface area contributed by atoms with Crippen LogP contribution in [-0.2, 0) is 23.7 Å². The Hall–Kier alpha value is -3.61. The molecular weight excluding hydrogens is 1090 g/mol. The van der Waals surface area contributed by atoms with Gasteiger partial charge >= 0.3 is 0 Å². The summed E-state index contributed by atoms with van der Waals surface area (Å²) in [5.74, 6) is -0.217. The topological polar surface area (TPSA) is 228 Å². The number of ether oxygens (including phenoxy) is 4. The highest BCUT2D eigenvalue weighted by Crippen LogP contribution is 2.30. The van der Waals surface area contributed by atoms with Crippen molar-refractivity contribution in [1.82, 2.24) is 5.32 Å². The summed E-state index contributed by atoms with van der Waals surface area (Å²) in [5.41, 5.74) is 0. The van der Waals surface area contributed by atoms with Crippen molar-refractivity contribution >= 4 is 5.91 Å². The normalized spacial score (nSPS) is 24.2. The van der Waals surface area contributed by atoms with Gasteiger partial charge in [-0.25, -0.2) is 0 Å². The Morgan fingerprint density at radius 3 is 1.23 bits per heavy atom. The molecule has 492 valence electrons. The minimum absolute atomic E-state index is 0.217. The molecule has 2 heterocycles. The number of unbranched alkanes of at least 4 members (excludes halogenated alkanes) is 20. The van der Waals surface area contributed by atoms with Crippen LogP contribution in [0.2, 0.25) is 0 Å². The van der Waals surface area contributed by atoms with Gasteiger partial charge in [-0.2, -0.15) is 0 Å². The van der Waals surface area contributed by atoms with Gasteiger partial charge in [0.05, 0.1) is 32.0 Å². The van der Waals surface area contributed by atoms with Crippen LogP contribution in [0, 0.1) is 0 Å². The lowest BCUT2D eigenvalue weighted by Crippen LogP contribution is -2.65. The molecule has 2 rings (SSSR count). The third kappa shape index (κ3) is 39.4. The van der Waals surface area contributed by atoms with Gasteiger partial charge in [0.1, 0.15) is 48.8 Å². The van der Waals surface area contributed by atoms with Crippen molar-refractivity contribution in [2.45, 2.75) is 306 Å². The molecular formula is C72H121NO13. The van der Waals surface area contributed by atoms with E-state index in [9.17, 15) is 45.6 Å². The van der Waals surface area contributed by atoms with Crippen LogP contribution >= 0.6 is 0 Å². The Labute approximate surface area is 520 Å². The fourth-order valence-corrected chi connectivity index (χ4v) is 10.3. The van der Waals surface area contributed by atoms with E-state index < -0.39 is 86.8 Å². The number of aliphatic hydroxyl groups is 8. The molecule has 2 fully saturated rings. The summed E-state index contributed by atoms with van der Waals surface area (Å²) < 4.78 is 22.8. The maximum absolute atomic E-state index is 13.3. The molecule has 1 amide bonds. The number of amides is 1. The van der Waals surface area contributed by atoms with E-state index in [0.717, 1.165) is 116 Å². The molecule has 0 radical (unpaired) electrons. The van der Waals surface area contributed by atoms with Crippen molar-refractivity contribution in [2.24, 2.45) is 0 Å². The molecule has 12 atom stereocenters. The second kappa shape index (κ2) is 55.5. The van der Waals surface area contributed by atoms with Crippen molar-refractivity contribution in [3.8, 4) is 0 Å². The summed E-state index contributed by atoms with van der Waals surface area (Å²) in [6.07, 6.45) is 63.7. The van der Waals surface area contributed by atoms with Crippen LogP contribution in [-0.4, -0.2) is 140 Å². The lowest BCUT2D eigenvalue weighted by Gasteiger charge is -2.46. The van der Waals surface area contributed by atoms with Crippen molar-refractivity contribution in [3.63, 3.8) is 0 Å². The zero-order valence-corrected chi connectivity index (χ0v) is 53.3. The van der Waals surface area contributed by atoms with Crippen molar-refractivity contribution in [1.29, 1.82) is 0 Å². The first-order chi connectivity index (χ1) is 42.1. The number of carbonyl (C=O) groups excluding carboxylic acids is 1. The van der Waals surface area contributed by atoms with E-state index in [1.165, 1.54) is 83.5 Å². The lowest BCUT2D eigenvalue weighted by atomic mass is 9.97. The number of carbonyl (C=O) groups is 1. The standard InChI is InChI=1S/C72H121NO13/c1-3-5-7-9-11-13-15-16-17-18-19-20-21-22-23-24-25-26-27-28-29-30-31-32-33-34-35-36-37-38-39-40-41-42-43-44-46-48-50-52-54-56-64(77)73-60(61(76)55-53-51-49-47-45-14-12-10-8-6-4-2)59-83-71-69(82)67(80)70(63(58-75)85-71)86-72-68(81)66(79)65(78)62(57-74)84-72/h5,7,11,13,16-17,19-20,22-23,25-26,28-29,31-32,34-35,37-38,60-63,65-72,74-76,78-82H,3-4,6,8-10,12,14-15,18,21,24,27,30,33,36,39-59H2,1-2H3,(H,73,77)/b7-5-,13-11-,17-16-,20-19-,23-22-,26-25-,29-28-,32-31-,35-34-,38-37-. The van der Waals surface area contributed by atoms with Crippen molar-refractivity contribution < 1.29 is 64.6 Å². The first-order valence-corrected chi connectivity index (χ1v) is 33.8. The monoisotopic (exact) mass is 1210 g/mol. The molecule has 0 aromatic heterocycles. The van der Waals surface area contributed by atoms with E-state index in [2.05, 4.69) is 141 Å². The predicted molar refractivity (Wildman–Crippen MR) is 350 cm³/mol. The van der Waals surface area contributed by atoms with E-state index >= 15 is 0 Å². The summed E-state index contributed by atoms with van der Waals surface area (Å²) >= 11 is 0. The first kappa shape index (κ1) is 78.5. The molecule has 0 bridgehead atoms. The number of aliphatic hydroxyl groups excluding tert-OH is 8. The number of hydrogen-bond acceptors (Lipinski definition) is 13. The Bertz CT molecular complexity index is 1910. The smallest absolute Gasteiger partial charge is 0.220 e. The molecule has 0 aromatic carbocycles. The van der Waals surface area contributed by atoms with Gasteiger partial charge in [0.2, 0.25) is 5.91 Å². The quantitative estimate of drug-likeness (QED) is 0.0204. The number of nitrogens with one attached hydrogen (secondary N) is 1. The Morgan fingerprint density at radius 2 is 0.802 bits per heavy atom. The second-order valence-corrected chi connectivity index (χ2v) is 23.2. The van der Waals surface area contributed by atoms with Gasteiger partial charge in [-0.05, 0) is 89.9 Å². The van der Waals surface area contributed by atoms with Crippen LogP contribution in [0.4, 0.5) is 0 Å². The molecule has 2 saturated heterocycles. The van der Waals surface area contributed by atoms with Crippen molar-refractivity contribution in [2.75, 3.05) is 19.8 Å². The van der Waals surface area contributed by atoms with Gasteiger partial charge in [0.25, 0.3) is 0 Å². The Morgan fingerprint density at radius 1 is 0.430 bits per heavy atom. The third-order valence-electron chi connectivity index (χ3n) is 15.7. The SMILES string of the molecule is CC/C=C\C/C=C\C/C=C\C/C=C\C/C=C\C/C=C\C/C=C\C/C=C\C/C=C\C/C=C\CCCCCCCCCCCCC(=O)NC(COC1OC(CO)C(OC2OC(CO)C(O)C(O)C2O)C(O)C1O)C(O)CCCCCCCCCCCCC. The summed E-state index contributed by atoms with van der Waals surface area (Å²) in [6.45, 7) is 2.72. The molecule has 0 aromatic rings. The van der Waals surface area contributed by atoms with Gasteiger partial charge in [-0.1, -0.05) is 257 Å². The highest BCUT2D eigenvalue weighted by Gasteiger charge is 2.51. The van der Waals surface area contributed by atoms with Gasteiger partial charge < -0.3 is 65.1 Å². The first-order valence-electron chi connectivity index (χ1n) is 33.8. The molecule has 0 aliphatic carbocycles. The van der Waals surface area contributed by atoms with Crippen LogP contribution < -0.4 is 5.32 Å². The average molecular weight is 1210 g/mol. The molecule has 2 aliphatic heterocycles. The number of hydrogen-bond donors (Lipinski definition) is 9. The zero-order valence-electron chi connectivity index (χ0n) is 53.3. The number of allylic oxidation sites excluding steroid dienone is 20. The van der Waals surface area contributed by atoms with Gasteiger partial charge in [0.15, 0.2) is 12.6 Å². The van der Waals surface area contributed by atoms with E-state index in [0.29, 0.717) is 19.3 Å². The Balaban J connectivity index is 1.58. The third-order valence-corrected chi connectivity index (χ3v) is 15.7. The van der Waals surface area contributed by atoms with Gasteiger partial charge in [-0.3, -0.25) is 4.79 Å². The van der Waals surface area contributed by atoms with Crippen LogP contribution in [0.25, 0.3) is 0 Å². The van der Waals surface area contributed by atoms with Gasteiger partial charge in [-0.15, -0.1) is 0 Å². The largest absolute Gasteiger partial charge is 0.394 e. The van der Waals surface area contributed by atoms with E-state index in [-0.39, 0.29) is 12.5 Å². The average Bonchev–Trinajstić information content (AvgIpc) is 1.60. The molecule has 86 heavy (non-hydrogen) atoms. The van der Waals surface area contributed by atoms with E-state index in [1.807, 2.05) is 0 Å². The highest BCUT2D eigenvalue weighted by atomic mass is 16.7. The minimum Gasteiger partial charge on any atom is -0.394 e. The highest BCUT2D eigenvalue weighted by molar-refractivity contribution is 5.76. The molecule has 14 nitrogen and oxygen atoms in total. The fourth-order valence-electron chi connectivity index (χ4n) is 10.3. The molecule has 12 unspecified atom stereocenters. The van der Waals surface area contributed by atoms with Gasteiger partial charge in [0, 0.05) is 6.42 Å². The van der Waals surface area contributed by atoms with Crippen LogP contribution in [0.5, 0.6) is 0 Å². The number of rotatable bonds is 53. The molecule has 0 saturated carbocycles. The summed E-state index contributed by atoms with van der Waals surface area (Å²) in [5, 5.41) is 87.2. The predicted octanol–water partition coefficient (Wildman–Crippen LogP) is 13.3. The van der Waals surface area contributed by atoms with Crippen LogP contribution in [0.1, 0.15) is 232 Å². The second-order valence-electron chi connectivity index (χ2n) is 23.2. The fraction of sp³-hybridized carbons (Fsp3) is 0.708. The summed E-state index contributed by atoms with van der Waals surface area (Å²) in [6, 6.07) is -0.837. The van der Waals surface area contributed by atoms with Crippen LogP contribution in [0.15, 0.2) is 122 Å². The van der Waals surface area contributed by atoms with Crippen LogP contribution in [0.3, 0.4) is 0 Å². The minimum atomic E-state index is -1.79. The van der Waals surface area contributed by atoms with E-state index in [4.69, 9.17) is 18.9 Å². The maximum Gasteiger partial charge on any atom is 0.220 e. The summed E-state index contributed by atoms with van der Waals surface area (Å²) in [7, 11) is 0. The molecule has 0 spiro atoms. The Kier molecular flexibility index (Phi) is 50.6. The molecule has 9 N–H and O–H groups in total. The lowest BCUT2D eigenvalue weighted by molar-refractivity contribution is -0.359. The van der Waals surface area contributed by atoms with E-state index in [1.54, 1.807) is 0 Å². The van der Waals surface area contributed by atoms with Crippen molar-refractivity contribution in [3.05, 3.63) is 122 Å². The molecule has 2 aliphatic rings. The zero-order chi connectivity index (χ0) is 62.3. The maximum atomic E-state index is 13.3.